The average molecular weight is 898 g/mol. The second kappa shape index (κ2) is 27.3. The van der Waals surface area contributed by atoms with Crippen molar-refractivity contribution in [2.45, 2.75) is 176 Å². The molecule has 11 atom stereocenters. The van der Waals surface area contributed by atoms with E-state index in [1.54, 1.807) is 58.9 Å². The van der Waals surface area contributed by atoms with E-state index in [0.29, 0.717) is 38.6 Å². The smallest absolute Gasteiger partial charge is 0.243 e. The zero-order chi connectivity index (χ0) is 48.3. The Kier molecular flexibility index (Phi) is 23.5. The first kappa shape index (κ1) is 55.1. The average Bonchev–Trinajstić information content (AvgIpc) is 3.25. The monoisotopic (exact) mass is 898 g/mol. The zero-order valence-electron chi connectivity index (χ0n) is 40.1. The van der Waals surface area contributed by atoms with Gasteiger partial charge in [-0.1, -0.05) is 119 Å². The number of nitrogens with two attached hydrogens (primary N) is 1. The van der Waals surface area contributed by atoms with E-state index in [9.17, 15) is 38.4 Å². The third-order valence-corrected chi connectivity index (χ3v) is 12.2. The minimum atomic E-state index is -1.20. The van der Waals surface area contributed by atoms with E-state index in [4.69, 9.17) is 5.73 Å². The van der Waals surface area contributed by atoms with Crippen molar-refractivity contribution in [3.8, 4) is 0 Å². The maximum Gasteiger partial charge on any atom is 0.243 e. The maximum atomic E-state index is 14.3. The third kappa shape index (κ3) is 17.1. The minimum absolute atomic E-state index is 0.0451. The minimum Gasteiger partial charge on any atom is -0.343 e. The summed E-state index contributed by atoms with van der Waals surface area (Å²) in [7, 11) is 0. The molecule has 1 heterocycles. The van der Waals surface area contributed by atoms with Gasteiger partial charge >= 0.3 is 0 Å². The highest BCUT2D eigenvalue weighted by Gasteiger charge is 2.38. The molecule has 2 rings (SSSR count). The van der Waals surface area contributed by atoms with E-state index in [1.165, 1.54) is 6.92 Å². The van der Waals surface area contributed by atoms with Gasteiger partial charge in [0.2, 0.25) is 47.3 Å². The van der Waals surface area contributed by atoms with Crippen molar-refractivity contribution in [1.29, 1.82) is 0 Å². The SMILES string of the molecule is CCC(C)C1NC(=O)C(C)NC(=O)C(C(C)CC)NC(=O)C(CC(C)C)NC(=O)C(Cc2ccccc2)NC(=O)C(C(C)C)NC(=O)C(CCCCN)NC(=O)C(C(C)CC)NC1=O. The van der Waals surface area contributed by atoms with Gasteiger partial charge in [-0.15, -0.1) is 0 Å². The van der Waals surface area contributed by atoms with E-state index in [1.807, 2.05) is 40.7 Å². The molecule has 1 aromatic rings. The molecule has 17 nitrogen and oxygen atoms in total. The van der Waals surface area contributed by atoms with Crippen LogP contribution in [0.3, 0.4) is 0 Å². The van der Waals surface area contributed by atoms with E-state index >= 15 is 0 Å². The second-order valence-electron chi connectivity index (χ2n) is 18.4. The van der Waals surface area contributed by atoms with Crippen LogP contribution in [0.25, 0.3) is 0 Å². The molecule has 8 amide bonds. The number of rotatable bonds is 15. The standard InChI is InChI=1S/C47H79N9O8/c1-12-28(8)37-45(62)49-31(11)40(57)54-39(30(10)14-3)47(64)56-38(29(9)13-2)46(63)50-33(22-18-19-23-48)41(58)53-36(27(6)7)44(61)52-35(25-32-20-16-15-17-21-32)42(59)51-34(24-26(4)5)43(60)55-37/h15-17,20-21,26-31,33-39H,12-14,18-19,22-25,48H2,1-11H3,(H,49,62)(H,50,63)(H,51,59)(H,52,61)(H,53,58)(H,54,57)(H,55,60)(H,56,64). The summed E-state index contributed by atoms with van der Waals surface area (Å²) >= 11 is 0. The van der Waals surface area contributed by atoms with Gasteiger partial charge in [0.25, 0.3) is 0 Å². The molecule has 1 aliphatic rings. The Bertz CT molecular complexity index is 1710. The Balaban J connectivity index is 2.78. The van der Waals surface area contributed by atoms with Gasteiger partial charge in [-0.3, -0.25) is 38.4 Å². The van der Waals surface area contributed by atoms with Gasteiger partial charge < -0.3 is 48.3 Å². The van der Waals surface area contributed by atoms with Crippen LogP contribution >= 0.6 is 0 Å². The van der Waals surface area contributed by atoms with Crippen LogP contribution in [0.5, 0.6) is 0 Å². The lowest BCUT2D eigenvalue weighted by Crippen LogP contribution is -2.63. The molecule has 360 valence electrons. The predicted octanol–water partition coefficient (Wildman–Crippen LogP) is 2.11. The summed E-state index contributed by atoms with van der Waals surface area (Å²) in [6.45, 7) is 20.0. The van der Waals surface area contributed by atoms with Crippen LogP contribution in [0, 0.1) is 29.6 Å². The highest BCUT2D eigenvalue weighted by atomic mass is 16.2. The van der Waals surface area contributed by atoms with Crippen molar-refractivity contribution in [2.75, 3.05) is 6.54 Å². The first-order valence-corrected chi connectivity index (χ1v) is 23.4. The van der Waals surface area contributed by atoms with E-state index < -0.39 is 119 Å². The Morgan fingerprint density at radius 3 is 1.39 bits per heavy atom. The van der Waals surface area contributed by atoms with Crippen molar-refractivity contribution < 1.29 is 38.4 Å². The van der Waals surface area contributed by atoms with Crippen molar-refractivity contribution in [2.24, 2.45) is 35.3 Å². The lowest BCUT2D eigenvalue weighted by molar-refractivity contribution is -0.138. The number of carbonyl (C=O) groups excluding carboxylic acids is 8. The fourth-order valence-corrected chi connectivity index (χ4v) is 7.36. The number of benzene rings is 1. The largest absolute Gasteiger partial charge is 0.343 e. The molecule has 1 saturated heterocycles. The maximum absolute atomic E-state index is 14.3. The molecular weight excluding hydrogens is 819 g/mol. The summed E-state index contributed by atoms with van der Waals surface area (Å²) in [5.74, 6) is -6.88. The van der Waals surface area contributed by atoms with Crippen LogP contribution in [0.2, 0.25) is 0 Å². The number of carbonyl (C=O) groups is 8. The van der Waals surface area contributed by atoms with Crippen molar-refractivity contribution >= 4 is 47.3 Å². The zero-order valence-corrected chi connectivity index (χ0v) is 40.1. The third-order valence-electron chi connectivity index (χ3n) is 12.2. The molecule has 64 heavy (non-hydrogen) atoms. The lowest BCUT2D eigenvalue weighted by Gasteiger charge is -2.32. The van der Waals surface area contributed by atoms with Crippen molar-refractivity contribution in [3.05, 3.63) is 35.9 Å². The Labute approximate surface area is 380 Å². The highest BCUT2D eigenvalue weighted by molar-refractivity contribution is 5.99. The van der Waals surface area contributed by atoms with Gasteiger partial charge in [0, 0.05) is 6.42 Å². The van der Waals surface area contributed by atoms with Crippen LogP contribution in [-0.2, 0) is 44.8 Å². The number of nitrogens with one attached hydrogen (secondary N) is 8. The Morgan fingerprint density at radius 1 is 0.484 bits per heavy atom. The summed E-state index contributed by atoms with van der Waals surface area (Å²) < 4.78 is 0. The van der Waals surface area contributed by atoms with Gasteiger partial charge in [-0.2, -0.15) is 0 Å². The van der Waals surface area contributed by atoms with Crippen LogP contribution in [0.15, 0.2) is 30.3 Å². The van der Waals surface area contributed by atoms with Gasteiger partial charge in [-0.05, 0) is 74.3 Å². The normalized spacial score (nSPS) is 26.8. The van der Waals surface area contributed by atoms with E-state index in [2.05, 4.69) is 42.5 Å². The van der Waals surface area contributed by atoms with Crippen LogP contribution < -0.4 is 48.3 Å². The van der Waals surface area contributed by atoms with E-state index in [-0.39, 0.29) is 25.2 Å². The van der Waals surface area contributed by atoms with Gasteiger partial charge in [-0.25, -0.2) is 0 Å². The number of unbranched alkanes of at least 4 members (excludes halogenated alkanes) is 1. The number of amides is 8. The molecule has 17 heteroatoms. The van der Waals surface area contributed by atoms with Gasteiger partial charge in [0.15, 0.2) is 0 Å². The summed E-state index contributed by atoms with van der Waals surface area (Å²) in [5, 5.41) is 22.5. The molecule has 0 spiro atoms. The topological polar surface area (TPSA) is 259 Å². The molecule has 10 N–H and O–H groups in total. The molecule has 1 aromatic carbocycles. The molecular formula is C47H79N9O8. The van der Waals surface area contributed by atoms with Crippen LogP contribution in [-0.4, -0.2) is 102 Å². The van der Waals surface area contributed by atoms with Crippen LogP contribution in [0.4, 0.5) is 0 Å². The number of hydrogen-bond acceptors (Lipinski definition) is 9. The molecule has 1 aliphatic heterocycles. The molecule has 0 radical (unpaired) electrons. The molecule has 0 aliphatic carbocycles. The van der Waals surface area contributed by atoms with Gasteiger partial charge in [0.05, 0.1) is 0 Å². The summed E-state index contributed by atoms with van der Waals surface area (Å²) in [5.41, 5.74) is 6.50. The van der Waals surface area contributed by atoms with Crippen molar-refractivity contribution in [1.82, 2.24) is 42.5 Å². The summed E-state index contributed by atoms with van der Waals surface area (Å²) in [4.78, 5) is 113. The molecule has 0 aromatic heterocycles. The van der Waals surface area contributed by atoms with Crippen molar-refractivity contribution in [3.63, 3.8) is 0 Å². The summed E-state index contributed by atoms with van der Waals surface area (Å²) in [6, 6.07) is -0.0722. The van der Waals surface area contributed by atoms with E-state index in [0.717, 1.165) is 5.56 Å². The summed E-state index contributed by atoms with van der Waals surface area (Å²) in [6.07, 6.45) is 2.87. The first-order chi connectivity index (χ1) is 30.2. The Morgan fingerprint density at radius 2 is 0.891 bits per heavy atom. The molecule has 11 unspecified atom stereocenters. The first-order valence-electron chi connectivity index (χ1n) is 23.4. The lowest BCUT2D eigenvalue weighted by atomic mass is 9.94. The number of hydrogen-bond donors (Lipinski definition) is 9. The van der Waals surface area contributed by atoms with Gasteiger partial charge in [0.1, 0.15) is 48.3 Å². The quantitative estimate of drug-likeness (QED) is 0.117. The predicted molar refractivity (Wildman–Crippen MR) is 247 cm³/mol. The fraction of sp³-hybridized carbons (Fsp3) is 0.702. The van der Waals surface area contributed by atoms with Crippen LogP contribution in [0.1, 0.15) is 127 Å². The highest BCUT2D eigenvalue weighted by Crippen LogP contribution is 2.16. The molecule has 1 fully saturated rings. The molecule has 0 bridgehead atoms. The second-order valence-corrected chi connectivity index (χ2v) is 18.4. The fourth-order valence-electron chi connectivity index (χ4n) is 7.36. The molecule has 0 saturated carbocycles. The Hall–Kier alpha value is -5.06.